The molecule has 0 spiro atoms. The SMILES string of the molecule is Cc1c([N+](=O)[O-])ccc(=O)n1C(C)C. The van der Waals surface area contributed by atoms with E-state index < -0.39 is 4.92 Å². The van der Waals surface area contributed by atoms with E-state index in [9.17, 15) is 14.9 Å². The third-order valence-electron chi connectivity index (χ3n) is 2.07. The quantitative estimate of drug-likeness (QED) is 0.533. The Balaban J connectivity index is 3.49. The molecule has 1 aromatic heterocycles. The lowest BCUT2D eigenvalue weighted by atomic mass is 10.2. The van der Waals surface area contributed by atoms with Gasteiger partial charge in [-0.25, -0.2) is 0 Å². The Morgan fingerprint density at radius 2 is 2.00 bits per heavy atom. The van der Waals surface area contributed by atoms with Crippen LogP contribution in [0, 0.1) is 17.0 Å². The molecule has 1 aromatic rings. The smallest absolute Gasteiger partial charge is 0.288 e. The molecule has 0 fully saturated rings. The number of nitro groups is 1. The Morgan fingerprint density at radius 1 is 1.43 bits per heavy atom. The summed E-state index contributed by atoms with van der Waals surface area (Å²) in [5.74, 6) is 0. The zero-order chi connectivity index (χ0) is 10.9. The summed E-state index contributed by atoms with van der Waals surface area (Å²) in [7, 11) is 0. The molecule has 0 aliphatic rings. The van der Waals surface area contributed by atoms with E-state index in [-0.39, 0.29) is 17.3 Å². The molecule has 0 bridgehead atoms. The molecule has 1 heterocycles. The van der Waals surface area contributed by atoms with Crippen LogP contribution >= 0.6 is 0 Å². The normalized spacial score (nSPS) is 10.6. The van der Waals surface area contributed by atoms with Crippen LogP contribution in [0.3, 0.4) is 0 Å². The summed E-state index contributed by atoms with van der Waals surface area (Å²) in [5.41, 5.74) is 0.180. The van der Waals surface area contributed by atoms with Gasteiger partial charge in [0.25, 0.3) is 11.2 Å². The van der Waals surface area contributed by atoms with Gasteiger partial charge in [-0.05, 0) is 20.8 Å². The molecule has 0 saturated carbocycles. The number of pyridine rings is 1. The van der Waals surface area contributed by atoms with Gasteiger partial charge in [0, 0.05) is 18.2 Å². The predicted octanol–water partition coefficient (Wildman–Crippen LogP) is 1.65. The Labute approximate surface area is 81.1 Å². The Hall–Kier alpha value is -1.65. The zero-order valence-electron chi connectivity index (χ0n) is 8.35. The molecule has 0 unspecified atom stereocenters. The van der Waals surface area contributed by atoms with Crippen LogP contribution < -0.4 is 5.56 Å². The van der Waals surface area contributed by atoms with Crippen LogP contribution in [0.2, 0.25) is 0 Å². The molecule has 5 heteroatoms. The van der Waals surface area contributed by atoms with Crippen molar-refractivity contribution in [2.45, 2.75) is 26.8 Å². The third-order valence-corrected chi connectivity index (χ3v) is 2.07. The highest BCUT2D eigenvalue weighted by Crippen LogP contribution is 2.17. The van der Waals surface area contributed by atoms with Crippen molar-refractivity contribution in [2.24, 2.45) is 0 Å². The van der Waals surface area contributed by atoms with Gasteiger partial charge in [0.1, 0.15) is 0 Å². The molecule has 5 nitrogen and oxygen atoms in total. The highest BCUT2D eigenvalue weighted by molar-refractivity contribution is 5.34. The molecule has 0 atom stereocenters. The van der Waals surface area contributed by atoms with Crippen LogP contribution in [0.5, 0.6) is 0 Å². The number of hydrogen-bond acceptors (Lipinski definition) is 3. The van der Waals surface area contributed by atoms with Gasteiger partial charge in [-0.15, -0.1) is 0 Å². The molecular formula is C9H12N2O3. The Morgan fingerprint density at radius 3 is 2.43 bits per heavy atom. The minimum atomic E-state index is -0.479. The predicted molar refractivity (Wildman–Crippen MR) is 52.5 cm³/mol. The second kappa shape index (κ2) is 3.61. The van der Waals surface area contributed by atoms with E-state index in [1.165, 1.54) is 16.7 Å². The molecule has 1 rings (SSSR count). The number of hydrogen-bond donors (Lipinski definition) is 0. The van der Waals surface area contributed by atoms with Crippen molar-refractivity contribution in [1.29, 1.82) is 0 Å². The molecule has 0 aromatic carbocycles. The maximum absolute atomic E-state index is 11.4. The maximum Gasteiger partial charge on any atom is 0.288 e. The van der Waals surface area contributed by atoms with Gasteiger partial charge < -0.3 is 4.57 Å². The first kappa shape index (κ1) is 10.4. The fourth-order valence-corrected chi connectivity index (χ4v) is 1.47. The van der Waals surface area contributed by atoms with Crippen molar-refractivity contribution in [1.82, 2.24) is 4.57 Å². The second-order valence-electron chi connectivity index (χ2n) is 3.36. The van der Waals surface area contributed by atoms with E-state index in [1.807, 2.05) is 13.8 Å². The van der Waals surface area contributed by atoms with Crippen molar-refractivity contribution < 1.29 is 4.92 Å². The van der Waals surface area contributed by atoms with Crippen LogP contribution in [-0.2, 0) is 0 Å². The first-order valence-electron chi connectivity index (χ1n) is 4.31. The molecule has 0 N–H and O–H groups in total. The summed E-state index contributed by atoms with van der Waals surface area (Å²) in [4.78, 5) is 21.5. The third kappa shape index (κ3) is 1.66. The highest BCUT2D eigenvalue weighted by Gasteiger charge is 2.15. The molecule has 0 radical (unpaired) electrons. The highest BCUT2D eigenvalue weighted by atomic mass is 16.6. The monoisotopic (exact) mass is 196 g/mol. The number of rotatable bonds is 2. The fourth-order valence-electron chi connectivity index (χ4n) is 1.47. The summed E-state index contributed by atoms with van der Waals surface area (Å²) in [6, 6.07) is 2.41. The minimum Gasteiger partial charge on any atom is -0.304 e. The molecule has 0 aliphatic carbocycles. The molecule has 0 aliphatic heterocycles. The van der Waals surface area contributed by atoms with Crippen LogP contribution in [0.4, 0.5) is 5.69 Å². The first-order valence-corrected chi connectivity index (χ1v) is 4.31. The van der Waals surface area contributed by atoms with E-state index in [1.54, 1.807) is 6.92 Å². The van der Waals surface area contributed by atoms with Gasteiger partial charge in [-0.2, -0.15) is 0 Å². The summed E-state index contributed by atoms with van der Waals surface area (Å²) < 4.78 is 1.41. The molecule has 14 heavy (non-hydrogen) atoms. The average Bonchev–Trinajstić information content (AvgIpc) is 2.02. The molecule has 0 amide bonds. The number of nitrogens with zero attached hydrogens (tertiary/aromatic N) is 2. The number of aromatic nitrogens is 1. The van der Waals surface area contributed by atoms with Crippen LogP contribution in [0.1, 0.15) is 25.6 Å². The van der Waals surface area contributed by atoms with Crippen molar-refractivity contribution in [3.63, 3.8) is 0 Å². The van der Waals surface area contributed by atoms with Gasteiger partial charge in [0.2, 0.25) is 0 Å². The van der Waals surface area contributed by atoms with Crippen molar-refractivity contribution >= 4 is 5.69 Å². The Kier molecular flexibility index (Phi) is 2.69. The average molecular weight is 196 g/mol. The summed E-state index contributed by atoms with van der Waals surface area (Å²) in [6.07, 6.45) is 0. The zero-order valence-corrected chi connectivity index (χ0v) is 8.35. The summed E-state index contributed by atoms with van der Waals surface area (Å²) in [5, 5.41) is 10.6. The topological polar surface area (TPSA) is 65.1 Å². The van der Waals surface area contributed by atoms with Crippen LogP contribution in [0.15, 0.2) is 16.9 Å². The van der Waals surface area contributed by atoms with Gasteiger partial charge in [-0.1, -0.05) is 0 Å². The standard InChI is InChI=1S/C9H12N2O3/c1-6(2)10-7(3)8(11(13)14)4-5-9(10)12/h4-6H,1-3H3. The van der Waals surface area contributed by atoms with Crippen molar-refractivity contribution in [3.05, 3.63) is 38.3 Å². The lowest BCUT2D eigenvalue weighted by Crippen LogP contribution is -2.23. The van der Waals surface area contributed by atoms with Crippen molar-refractivity contribution in [2.75, 3.05) is 0 Å². The summed E-state index contributed by atoms with van der Waals surface area (Å²) >= 11 is 0. The fraction of sp³-hybridized carbons (Fsp3) is 0.444. The minimum absolute atomic E-state index is 0.0155. The van der Waals surface area contributed by atoms with E-state index in [4.69, 9.17) is 0 Å². The largest absolute Gasteiger partial charge is 0.304 e. The molecule has 0 saturated heterocycles. The van der Waals surface area contributed by atoms with E-state index in [2.05, 4.69) is 0 Å². The van der Waals surface area contributed by atoms with Gasteiger partial charge in [0.15, 0.2) is 0 Å². The van der Waals surface area contributed by atoms with E-state index in [0.29, 0.717) is 5.69 Å². The van der Waals surface area contributed by atoms with Crippen LogP contribution in [0.25, 0.3) is 0 Å². The van der Waals surface area contributed by atoms with Gasteiger partial charge in [0.05, 0.1) is 10.6 Å². The van der Waals surface area contributed by atoms with Gasteiger partial charge in [-0.3, -0.25) is 14.9 Å². The second-order valence-corrected chi connectivity index (χ2v) is 3.36. The van der Waals surface area contributed by atoms with Gasteiger partial charge >= 0.3 is 0 Å². The van der Waals surface area contributed by atoms with E-state index in [0.717, 1.165) is 0 Å². The Bertz CT molecular complexity index is 421. The summed E-state index contributed by atoms with van der Waals surface area (Å²) in [6.45, 7) is 5.22. The lowest BCUT2D eigenvalue weighted by molar-refractivity contribution is -0.386. The molecule has 76 valence electrons. The van der Waals surface area contributed by atoms with Crippen LogP contribution in [-0.4, -0.2) is 9.49 Å². The van der Waals surface area contributed by atoms with Crippen molar-refractivity contribution in [3.8, 4) is 0 Å². The lowest BCUT2D eigenvalue weighted by Gasteiger charge is -2.12. The molecular weight excluding hydrogens is 184 g/mol. The maximum atomic E-state index is 11.4. The first-order chi connectivity index (χ1) is 6.45. The van der Waals surface area contributed by atoms with E-state index >= 15 is 0 Å².